The van der Waals surface area contributed by atoms with Gasteiger partial charge in [-0.15, -0.1) is 0 Å². The predicted octanol–water partition coefficient (Wildman–Crippen LogP) is 0.425. The molecule has 1 saturated heterocycles. The molecular formula is C17H20N4O3. The van der Waals surface area contributed by atoms with E-state index in [2.05, 4.69) is 15.5 Å². The fraction of sp³-hybridized carbons (Fsp3) is 0.471. The second-order valence-electron chi connectivity index (χ2n) is 6.02. The second-order valence-corrected chi connectivity index (χ2v) is 6.02. The van der Waals surface area contributed by atoms with E-state index in [0.29, 0.717) is 31.6 Å². The number of rotatable bonds is 5. The summed E-state index contributed by atoms with van der Waals surface area (Å²) in [7, 11) is 0. The molecule has 1 heterocycles. The molecule has 1 aromatic carbocycles. The van der Waals surface area contributed by atoms with Crippen LogP contribution >= 0.6 is 0 Å². The van der Waals surface area contributed by atoms with E-state index >= 15 is 0 Å². The van der Waals surface area contributed by atoms with Gasteiger partial charge >= 0.3 is 0 Å². The molecule has 0 radical (unpaired) electrons. The Labute approximate surface area is 140 Å². The first-order valence-corrected chi connectivity index (χ1v) is 8.05. The lowest BCUT2D eigenvalue weighted by molar-refractivity contribution is -0.123. The predicted molar refractivity (Wildman–Crippen MR) is 87.5 cm³/mol. The first-order chi connectivity index (χ1) is 11.6. The van der Waals surface area contributed by atoms with Crippen molar-refractivity contribution in [3.63, 3.8) is 0 Å². The average Bonchev–Trinajstić information content (AvgIpc) is 3.41. The van der Waals surface area contributed by atoms with Gasteiger partial charge in [-0.25, -0.2) is 0 Å². The summed E-state index contributed by atoms with van der Waals surface area (Å²) in [5, 5.41) is 13.8. The minimum absolute atomic E-state index is 0.0509. The molecule has 0 spiro atoms. The quantitative estimate of drug-likeness (QED) is 0.764. The number of nitriles is 1. The van der Waals surface area contributed by atoms with E-state index in [-0.39, 0.29) is 18.4 Å². The van der Waals surface area contributed by atoms with Crippen LogP contribution in [0, 0.1) is 11.3 Å². The summed E-state index contributed by atoms with van der Waals surface area (Å²) in [4.78, 5) is 26.6. The Kier molecular flexibility index (Phi) is 4.67. The molecule has 7 nitrogen and oxygen atoms in total. The molecule has 0 unspecified atom stereocenters. The van der Waals surface area contributed by atoms with E-state index in [9.17, 15) is 9.59 Å². The van der Waals surface area contributed by atoms with Gasteiger partial charge in [-0.2, -0.15) is 5.26 Å². The number of hydrogen-bond donors (Lipinski definition) is 2. The molecule has 1 aliphatic heterocycles. The summed E-state index contributed by atoms with van der Waals surface area (Å²) < 4.78 is 5.33. The van der Waals surface area contributed by atoms with E-state index in [1.54, 1.807) is 12.1 Å². The van der Waals surface area contributed by atoms with Crippen molar-refractivity contribution in [1.29, 1.82) is 5.26 Å². The number of carbonyl (C=O) groups is 2. The topological polar surface area (TPSA) is 94.5 Å². The van der Waals surface area contributed by atoms with Crippen LogP contribution in [0.15, 0.2) is 24.3 Å². The van der Waals surface area contributed by atoms with E-state index in [4.69, 9.17) is 10.00 Å². The van der Waals surface area contributed by atoms with Crippen LogP contribution in [0.2, 0.25) is 0 Å². The number of amides is 2. The maximum Gasteiger partial charge on any atom is 0.252 e. The van der Waals surface area contributed by atoms with Crippen molar-refractivity contribution in [2.45, 2.75) is 18.4 Å². The van der Waals surface area contributed by atoms with Crippen LogP contribution in [0.25, 0.3) is 0 Å². The van der Waals surface area contributed by atoms with Crippen LogP contribution in [0.5, 0.6) is 0 Å². The van der Waals surface area contributed by atoms with Gasteiger partial charge in [-0.1, -0.05) is 0 Å². The van der Waals surface area contributed by atoms with Crippen LogP contribution in [0.4, 0.5) is 5.69 Å². The minimum Gasteiger partial charge on any atom is -0.378 e. The van der Waals surface area contributed by atoms with Crippen molar-refractivity contribution in [2.75, 3.05) is 37.7 Å². The van der Waals surface area contributed by atoms with Crippen molar-refractivity contribution >= 4 is 17.5 Å². The standard InChI is InChI=1S/C17H20N4O3/c18-7-8-19-16(23)17(5-6-17)20-15(22)13-1-3-14(4-2-13)21-9-11-24-12-10-21/h1-4H,5-6,8-12H2,(H,19,23)(H,20,22). The highest BCUT2D eigenvalue weighted by molar-refractivity contribution is 6.00. The second kappa shape index (κ2) is 6.89. The number of anilines is 1. The number of benzene rings is 1. The van der Waals surface area contributed by atoms with Crippen LogP contribution in [0.3, 0.4) is 0 Å². The fourth-order valence-electron chi connectivity index (χ4n) is 2.76. The Morgan fingerprint density at radius 1 is 1.21 bits per heavy atom. The van der Waals surface area contributed by atoms with E-state index in [1.807, 2.05) is 18.2 Å². The Bertz CT molecular complexity index is 655. The normalized spacial score (nSPS) is 18.4. The summed E-state index contributed by atoms with van der Waals surface area (Å²) in [6.45, 7) is 3.05. The SMILES string of the molecule is N#CCNC(=O)C1(NC(=O)c2ccc(N3CCOCC3)cc2)CC1. The summed E-state index contributed by atoms with van der Waals surface area (Å²) in [5.41, 5.74) is 0.728. The van der Waals surface area contributed by atoms with Gasteiger partial charge in [0, 0.05) is 24.3 Å². The molecule has 2 N–H and O–H groups in total. The molecule has 0 atom stereocenters. The Hall–Kier alpha value is -2.59. The maximum atomic E-state index is 12.4. The molecule has 2 fully saturated rings. The van der Waals surface area contributed by atoms with Gasteiger partial charge in [0.25, 0.3) is 5.91 Å². The highest BCUT2D eigenvalue weighted by Gasteiger charge is 2.51. The highest BCUT2D eigenvalue weighted by atomic mass is 16.5. The lowest BCUT2D eigenvalue weighted by Crippen LogP contribution is -2.49. The van der Waals surface area contributed by atoms with Crippen molar-refractivity contribution < 1.29 is 14.3 Å². The Morgan fingerprint density at radius 2 is 1.88 bits per heavy atom. The molecule has 0 bridgehead atoms. The van der Waals surface area contributed by atoms with Gasteiger partial charge in [0.05, 0.1) is 19.3 Å². The zero-order valence-electron chi connectivity index (χ0n) is 13.4. The zero-order valence-corrected chi connectivity index (χ0v) is 13.4. The number of ether oxygens (including phenoxy) is 1. The van der Waals surface area contributed by atoms with Gasteiger partial charge in [0.1, 0.15) is 12.1 Å². The molecule has 1 saturated carbocycles. The first-order valence-electron chi connectivity index (χ1n) is 8.05. The van der Waals surface area contributed by atoms with Gasteiger partial charge < -0.3 is 20.3 Å². The highest BCUT2D eigenvalue weighted by Crippen LogP contribution is 2.35. The molecule has 1 aromatic rings. The monoisotopic (exact) mass is 328 g/mol. The molecule has 126 valence electrons. The molecule has 3 rings (SSSR count). The average molecular weight is 328 g/mol. The fourth-order valence-corrected chi connectivity index (χ4v) is 2.76. The molecule has 7 heteroatoms. The van der Waals surface area contributed by atoms with Crippen molar-refractivity contribution in [3.05, 3.63) is 29.8 Å². The number of nitrogens with one attached hydrogen (secondary N) is 2. The largest absolute Gasteiger partial charge is 0.378 e. The molecule has 24 heavy (non-hydrogen) atoms. The summed E-state index contributed by atoms with van der Waals surface area (Å²) in [6.07, 6.45) is 1.20. The third-order valence-corrected chi connectivity index (χ3v) is 4.37. The summed E-state index contributed by atoms with van der Waals surface area (Å²) >= 11 is 0. The maximum absolute atomic E-state index is 12.4. The van der Waals surface area contributed by atoms with Crippen molar-refractivity contribution in [3.8, 4) is 6.07 Å². The third-order valence-electron chi connectivity index (χ3n) is 4.37. The van der Waals surface area contributed by atoms with Gasteiger partial charge in [0.2, 0.25) is 5.91 Å². The third kappa shape index (κ3) is 3.49. The number of nitrogens with zero attached hydrogens (tertiary/aromatic N) is 2. The first kappa shape index (κ1) is 16.3. The van der Waals surface area contributed by atoms with E-state index < -0.39 is 5.54 Å². The molecule has 0 aromatic heterocycles. The molecule has 2 amide bonds. The van der Waals surface area contributed by atoms with Crippen LogP contribution in [0.1, 0.15) is 23.2 Å². The number of carbonyl (C=O) groups excluding carboxylic acids is 2. The van der Waals surface area contributed by atoms with Gasteiger partial charge in [-0.05, 0) is 37.1 Å². The smallest absolute Gasteiger partial charge is 0.252 e. The van der Waals surface area contributed by atoms with Crippen molar-refractivity contribution in [2.24, 2.45) is 0 Å². The van der Waals surface area contributed by atoms with Gasteiger partial charge in [0.15, 0.2) is 0 Å². The van der Waals surface area contributed by atoms with Crippen LogP contribution in [-0.4, -0.2) is 50.2 Å². The Balaban J connectivity index is 1.61. The summed E-state index contributed by atoms with van der Waals surface area (Å²) in [6, 6.07) is 9.22. The zero-order chi connectivity index (χ0) is 17.0. The molecule has 1 aliphatic carbocycles. The summed E-state index contributed by atoms with van der Waals surface area (Å²) in [5.74, 6) is -0.560. The van der Waals surface area contributed by atoms with Crippen LogP contribution < -0.4 is 15.5 Å². The lowest BCUT2D eigenvalue weighted by atomic mass is 10.1. The van der Waals surface area contributed by atoms with Gasteiger partial charge in [-0.3, -0.25) is 9.59 Å². The Morgan fingerprint density at radius 3 is 2.46 bits per heavy atom. The van der Waals surface area contributed by atoms with Crippen LogP contribution in [-0.2, 0) is 9.53 Å². The number of hydrogen-bond acceptors (Lipinski definition) is 5. The number of morpholine rings is 1. The van der Waals surface area contributed by atoms with E-state index in [0.717, 1.165) is 18.8 Å². The molecule has 2 aliphatic rings. The van der Waals surface area contributed by atoms with E-state index in [1.165, 1.54) is 0 Å². The lowest BCUT2D eigenvalue weighted by Gasteiger charge is -2.28. The molecular weight excluding hydrogens is 308 g/mol. The van der Waals surface area contributed by atoms with Crippen molar-refractivity contribution in [1.82, 2.24) is 10.6 Å². The minimum atomic E-state index is -0.850.